The summed E-state index contributed by atoms with van der Waals surface area (Å²) in [6.45, 7) is 0. The molecule has 3 heterocycles. The van der Waals surface area contributed by atoms with Crippen LogP contribution >= 0.6 is 0 Å². The first-order valence-electron chi connectivity index (χ1n) is 18.9. The van der Waals surface area contributed by atoms with Crippen molar-refractivity contribution in [2.75, 3.05) is 4.90 Å². The third-order valence-electron chi connectivity index (χ3n) is 12.3. The summed E-state index contributed by atoms with van der Waals surface area (Å²) in [4.78, 5) is 7.61. The molecule has 0 amide bonds. The van der Waals surface area contributed by atoms with E-state index in [1.54, 1.807) is 0 Å². The fourth-order valence-electron chi connectivity index (χ4n) is 10.2. The van der Waals surface area contributed by atoms with E-state index in [0.29, 0.717) is 0 Å². The van der Waals surface area contributed by atoms with Gasteiger partial charge >= 0.3 is 0 Å². The largest absolute Gasteiger partial charge is 0.317 e. The maximum atomic E-state index is 5.20. The van der Waals surface area contributed by atoms with Crippen LogP contribution in [0.15, 0.2) is 175 Å². The van der Waals surface area contributed by atoms with Crippen molar-refractivity contribution in [3.63, 3.8) is 0 Å². The van der Waals surface area contributed by atoms with Crippen molar-refractivity contribution < 1.29 is 0 Å². The average Bonchev–Trinajstić information content (AvgIpc) is 3.88. The lowest BCUT2D eigenvalue weighted by Gasteiger charge is -2.40. The highest BCUT2D eigenvalue weighted by atomic mass is 15.3. The Bertz CT molecular complexity index is 2750. The van der Waals surface area contributed by atoms with Gasteiger partial charge in [-0.15, -0.1) is 0 Å². The molecule has 0 radical (unpaired) electrons. The molecule has 0 bridgehead atoms. The lowest BCUT2D eigenvalue weighted by atomic mass is 9.65. The van der Waals surface area contributed by atoms with E-state index < -0.39 is 5.41 Å². The molecule has 0 fully saturated rings. The summed E-state index contributed by atoms with van der Waals surface area (Å²) in [5.41, 5.74) is 17.9. The number of aliphatic imine (C=N–C) groups is 1. The standard InChI is InChI=1S/C50H35N3/c1-2-13-33(14-3-1)49-51-44-22-9-11-24-47(44)52(49)35-28-25-32(26-29-35)34-27-30-46-43(31-34)50(40-19-7-4-15-36(40)37-16-5-8-20-41(37)50)42-21-12-18-39-38-17-6-10-23-45(38)53(46)48(39)42/h1-9,11-22,24-31,44,47H,10,23H2. The van der Waals surface area contributed by atoms with Crippen LogP contribution in [0.5, 0.6) is 0 Å². The van der Waals surface area contributed by atoms with Gasteiger partial charge in [-0.2, -0.15) is 0 Å². The van der Waals surface area contributed by atoms with E-state index in [2.05, 4.69) is 185 Å². The molecule has 2 aliphatic heterocycles. The van der Waals surface area contributed by atoms with Gasteiger partial charge < -0.3 is 9.47 Å². The SMILES string of the molecule is C1=CC2N=C(c3ccccc3)N(c3ccc(-c4ccc5c(c4)C4(c6ccccc6-c6ccccc64)c4cccc6c7c(n-5c46)CCC=C7)cc3)C2C=C1. The Morgan fingerprint density at radius 1 is 0.604 bits per heavy atom. The molecule has 1 spiro atoms. The summed E-state index contributed by atoms with van der Waals surface area (Å²) in [6, 6.07) is 52.5. The van der Waals surface area contributed by atoms with Crippen molar-refractivity contribution in [1.29, 1.82) is 0 Å². The van der Waals surface area contributed by atoms with Crippen molar-refractivity contribution in [3.05, 3.63) is 209 Å². The number of fused-ring (bicyclic) bond motifs is 13. The van der Waals surface area contributed by atoms with E-state index in [4.69, 9.17) is 4.99 Å². The molecule has 53 heavy (non-hydrogen) atoms. The number of anilines is 1. The monoisotopic (exact) mass is 677 g/mol. The Kier molecular flexibility index (Phi) is 5.93. The summed E-state index contributed by atoms with van der Waals surface area (Å²) in [6.07, 6.45) is 15.6. The normalized spacial score (nSPS) is 19.2. The van der Waals surface area contributed by atoms with Crippen molar-refractivity contribution in [2.24, 2.45) is 4.99 Å². The van der Waals surface area contributed by atoms with Crippen LogP contribution in [0.25, 0.3) is 44.9 Å². The van der Waals surface area contributed by atoms with Crippen molar-refractivity contribution in [1.82, 2.24) is 4.57 Å². The van der Waals surface area contributed by atoms with E-state index in [1.807, 2.05) is 0 Å². The fourth-order valence-corrected chi connectivity index (χ4v) is 10.2. The lowest BCUT2D eigenvalue weighted by Crippen LogP contribution is -2.39. The molecule has 1 aromatic heterocycles. The minimum absolute atomic E-state index is 0.105. The summed E-state index contributed by atoms with van der Waals surface area (Å²) in [7, 11) is 0. The van der Waals surface area contributed by atoms with E-state index >= 15 is 0 Å². The molecule has 3 aliphatic carbocycles. The number of hydrogen-bond donors (Lipinski definition) is 0. The van der Waals surface area contributed by atoms with Crippen molar-refractivity contribution in [3.8, 4) is 27.9 Å². The minimum Gasteiger partial charge on any atom is -0.317 e. The summed E-state index contributed by atoms with van der Waals surface area (Å²) in [5, 5.41) is 1.35. The molecule has 3 nitrogen and oxygen atoms in total. The zero-order valence-corrected chi connectivity index (χ0v) is 29.2. The molecule has 6 aromatic carbocycles. The van der Waals surface area contributed by atoms with Crippen molar-refractivity contribution in [2.45, 2.75) is 30.3 Å². The number of amidine groups is 1. The van der Waals surface area contributed by atoms with Crippen molar-refractivity contribution >= 4 is 28.5 Å². The van der Waals surface area contributed by atoms with Gasteiger partial charge in [-0.05, 0) is 81.6 Å². The number of para-hydroxylation sites is 1. The van der Waals surface area contributed by atoms with Crippen LogP contribution in [0.3, 0.4) is 0 Å². The Morgan fingerprint density at radius 3 is 2.13 bits per heavy atom. The van der Waals surface area contributed by atoms with Gasteiger partial charge in [-0.3, -0.25) is 4.99 Å². The highest BCUT2D eigenvalue weighted by Crippen LogP contribution is 2.61. The zero-order chi connectivity index (χ0) is 34.7. The van der Waals surface area contributed by atoms with Crippen LogP contribution in [-0.4, -0.2) is 22.5 Å². The minimum atomic E-state index is -0.439. The Balaban J connectivity index is 1.06. The maximum absolute atomic E-state index is 5.20. The fraction of sp³-hybridized carbons (Fsp3) is 0.100. The van der Waals surface area contributed by atoms with Crippen LogP contribution in [0.2, 0.25) is 0 Å². The van der Waals surface area contributed by atoms with E-state index in [0.717, 1.165) is 29.9 Å². The molecular formula is C50H35N3. The first-order chi connectivity index (χ1) is 26.3. The highest BCUT2D eigenvalue weighted by Gasteiger charge is 2.51. The first-order valence-corrected chi connectivity index (χ1v) is 18.9. The second-order valence-electron chi connectivity index (χ2n) is 14.9. The molecule has 2 unspecified atom stereocenters. The Morgan fingerprint density at radius 2 is 1.32 bits per heavy atom. The maximum Gasteiger partial charge on any atom is 0.136 e. The van der Waals surface area contributed by atoms with E-state index in [1.165, 1.54) is 72.4 Å². The van der Waals surface area contributed by atoms with E-state index in [9.17, 15) is 0 Å². The number of benzene rings is 6. The van der Waals surface area contributed by atoms with Crippen LogP contribution in [-0.2, 0) is 11.8 Å². The summed E-state index contributed by atoms with van der Waals surface area (Å²) in [5.74, 6) is 1.02. The molecule has 2 atom stereocenters. The molecule has 3 heteroatoms. The number of aromatic nitrogens is 1. The number of allylic oxidation sites excluding steroid dienone is 3. The summed E-state index contributed by atoms with van der Waals surface area (Å²) < 4.78 is 2.61. The number of rotatable bonds is 3. The molecule has 250 valence electrons. The molecule has 7 aromatic rings. The molecular weight excluding hydrogens is 643 g/mol. The third-order valence-corrected chi connectivity index (χ3v) is 12.3. The highest BCUT2D eigenvalue weighted by molar-refractivity contribution is 6.12. The number of nitrogens with zero attached hydrogens (tertiary/aromatic N) is 3. The van der Waals surface area contributed by atoms with Gasteiger partial charge in [0.25, 0.3) is 0 Å². The zero-order valence-electron chi connectivity index (χ0n) is 29.2. The van der Waals surface area contributed by atoms with Crippen LogP contribution in [0.1, 0.15) is 45.5 Å². The average molecular weight is 678 g/mol. The van der Waals surface area contributed by atoms with Gasteiger partial charge in [0.15, 0.2) is 0 Å². The molecule has 5 aliphatic rings. The van der Waals surface area contributed by atoms with Gasteiger partial charge in [-0.25, -0.2) is 0 Å². The molecule has 12 rings (SSSR count). The smallest absolute Gasteiger partial charge is 0.136 e. The van der Waals surface area contributed by atoms with Gasteiger partial charge in [0.05, 0.1) is 28.7 Å². The van der Waals surface area contributed by atoms with Crippen LogP contribution < -0.4 is 4.90 Å². The lowest BCUT2D eigenvalue weighted by molar-refractivity contribution is 0.735. The summed E-state index contributed by atoms with van der Waals surface area (Å²) >= 11 is 0. The molecule has 0 saturated carbocycles. The Hall–Kier alpha value is -6.45. The molecule has 0 N–H and O–H groups in total. The van der Waals surface area contributed by atoms with Gasteiger partial charge in [0.1, 0.15) is 5.84 Å². The third kappa shape index (κ3) is 3.81. The van der Waals surface area contributed by atoms with Crippen LogP contribution in [0, 0.1) is 0 Å². The predicted octanol–water partition coefficient (Wildman–Crippen LogP) is 11.1. The van der Waals surface area contributed by atoms with Gasteiger partial charge in [0, 0.05) is 27.9 Å². The Labute approximate surface area is 309 Å². The quantitative estimate of drug-likeness (QED) is 0.182. The van der Waals surface area contributed by atoms with Gasteiger partial charge in [0.2, 0.25) is 0 Å². The molecule has 0 saturated heterocycles. The van der Waals surface area contributed by atoms with E-state index in [-0.39, 0.29) is 12.1 Å². The predicted molar refractivity (Wildman–Crippen MR) is 218 cm³/mol. The number of hydrogen-bond acceptors (Lipinski definition) is 2. The van der Waals surface area contributed by atoms with Gasteiger partial charge in [-0.1, -0.05) is 152 Å². The second kappa shape index (κ2) is 10.8. The first kappa shape index (κ1) is 29.2. The van der Waals surface area contributed by atoms with Crippen LogP contribution in [0.4, 0.5) is 5.69 Å². The topological polar surface area (TPSA) is 20.5 Å². The second-order valence-corrected chi connectivity index (χ2v) is 14.9.